The van der Waals surface area contributed by atoms with Gasteiger partial charge in [0, 0.05) is 77.1 Å². The summed E-state index contributed by atoms with van der Waals surface area (Å²) in [5, 5.41) is 6.39. The number of hydrogen-bond acceptors (Lipinski definition) is 4. The average molecular weight is 719 g/mol. The Hall–Kier alpha value is -3.42. The Morgan fingerprint density at radius 2 is 0.808 bits per heavy atom. The van der Waals surface area contributed by atoms with Gasteiger partial charge in [-0.2, -0.15) is 0 Å². The molecule has 0 radical (unpaired) electrons. The zero-order valence-electron chi connectivity index (χ0n) is 33.9. The Labute approximate surface area is 318 Å². The first kappa shape index (κ1) is 43.0. The molecule has 52 heavy (non-hydrogen) atoms. The second-order valence-electron chi connectivity index (χ2n) is 15.8. The van der Waals surface area contributed by atoms with E-state index in [1.807, 2.05) is 52.5 Å². The summed E-state index contributed by atoms with van der Waals surface area (Å²) in [7, 11) is 8.11. The first-order chi connectivity index (χ1) is 25.2. The molecule has 0 atom stereocenters. The minimum atomic E-state index is 0.0156. The van der Waals surface area contributed by atoms with Crippen molar-refractivity contribution < 1.29 is 9.59 Å². The largest absolute Gasteiger partial charge is 0.378 e. The van der Waals surface area contributed by atoms with Crippen molar-refractivity contribution in [2.45, 2.75) is 129 Å². The lowest BCUT2D eigenvalue weighted by Gasteiger charge is -2.35. The molecule has 8 nitrogen and oxygen atoms in total. The van der Waals surface area contributed by atoms with Gasteiger partial charge in [0.2, 0.25) is 0 Å². The van der Waals surface area contributed by atoms with Crippen LogP contribution in [0.4, 0.5) is 32.3 Å². The van der Waals surface area contributed by atoms with E-state index in [0.717, 1.165) is 87.5 Å². The number of unbranched alkanes of at least 4 members (excludes halogenated alkanes) is 12. The van der Waals surface area contributed by atoms with Crippen molar-refractivity contribution in [3.63, 3.8) is 0 Å². The number of carbonyl (C=O) groups is 2. The summed E-state index contributed by atoms with van der Waals surface area (Å²) in [4.78, 5) is 35.6. The Balaban J connectivity index is 1.56. The second-order valence-corrected chi connectivity index (χ2v) is 15.8. The maximum atomic E-state index is 13.6. The summed E-state index contributed by atoms with van der Waals surface area (Å²) in [6.45, 7) is 7.72. The van der Waals surface area contributed by atoms with E-state index in [-0.39, 0.29) is 12.1 Å². The predicted octanol–water partition coefficient (Wildman–Crippen LogP) is 11.5. The molecule has 1 saturated carbocycles. The van der Waals surface area contributed by atoms with Crippen molar-refractivity contribution in [2.24, 2.45) is 11.8 Å². The van der Waals surface area contributed by atoms with E-state index in [1.54, 1.807) is 0 Å². The van der Waals surface area contributed by atoms with E-state index in [2.05, 4.69) is 68.3 Å². The van der Waals surface area contributed by atoms with Gasteiger partial charge in [-0.15, -0.1) is 0 Å². The van der Waals surface area contributed by atoms with Crippen LogP contribution in [0.2, 0.25) is 0 Å². The highest BCUT2D eigenvalue weighted by atomic mass is 16.2. The first-order valence-corrected chi connectivity index (χ1v) is 20.9. The molecule has 1 aliphatic carbocycles. The van der Waals surface area contributed by atoms with E-state index < -0.39 is 0 Å². The number of nitrogens with one attached hydrogen (secondary N) is 2. The smallest absolute Gasteiger partial charge is 0.321 e. The third-order valence-electron chi connectivity index (χ3n) is 10.8. The van der Waals surface area contributed by atoms with Gasteiger partial charge >= 0.3 is 12.1 Å². The van der Waals surface area contributed by atoms with Crippen LogP contribution in [0.3, 0.4) is 0 Å². The van der Waals surface area contributed by atoms with Gasteiger partial charge in [0.1, 0.15) is 0 Å². The van der Waals surface area contributed by atoms with Crippen LogP contribution in [0, 0.1) is 11.8 Å². The molecule has 0 spiro atoms. The van der Waals surface area contributed by atoms with Crippen LogP contribution in [0.25, 0.3) is 0 Å². The molecule has 2 N–H and O–H groups in total. The average Bonchev–Trinajstić information content (AvgIpc) is 3.14. The molecule has 0 unspecified atom stereocenters. The SMILES string of the molecule is CCCCCCCCCN(C[C@H]1CC[C@@H](CN(CCCCCCCCC)C(=O)Nc2ccc(N(C)C)cc2)CC1)C(=O)Nc1ccc(N(C)C)cc1. The van der Waals surface area contributed by atoms with Crippen LogP contribution < -0.4 is 20.4 Å². The molecule has 0 aliphatic heterocycles. The van der Waals surface area contributed by atoms with E-state index in [1.165, 1.54) is 77.0 Å². The predicted molar refractivity (Wildman–Crippen MR) is 224 cm³/mol. The van der Waals surface area contributed by atoms with Gasteiger partial charge in [-0.05, 0) is 98.9 Å². The fraction of sp³-hybridized carbons (Fsp3) is 0.682. The summed E-state index contributed by atoms with van der Waals surface area (Å²) in [5.74, 6) is 0.978. The Bertz CT molecular complexity index is 1140. The van der Waals surface area contributed by atoms with Crippen LogP contribution in [0.1, 0.15) is 129 Å². The lowest BCUT2D eigenvalue weighted by atomic mass is 9.81. The molecule has 8 heteroatoms. The van der Waals surface area contributed by atoms with Crippen LogP contribution >= 0.6 is 0 Å². The van der Waals surface area contributed by atoms with E-state index in [0.29, 0.717) is 11.8 Å². The number of benzene rings is 2. The van der Waals surface area contributed by atoms with Gasteiger partial charge in [0.25, 0.3) is 0 Å². The minimum Gasteiger partial charge on any atom is -0.378 e. The molecule has 292 valence electrons. The molecule has 0 heterocycles. The molecule has 0 aromatic heterocycles. The van der Waals surface area contributed by atoms with Crippen molar-refractivity contribution in [1.29, 1.82) is 0 Å². The molecule has 3 rings (SSSR count). The van der Waals surface area contributed by atoms with Crippen LogP contribution in [0.5, 0.6) is 0 Å². The van der Waals surface area contributed by atoms with Crippen LogP contribution in [-0.2, 0) is 0 Å². The normalized spacial score (nSPS) is 15.6. The summed E-state index contributed by atoms with van der Waals surface area (Å²) >= 11 is 0. The van der Waals surface area contributed by atoms with Crippen molar-refractivity contribution in [3.8, 4) is 0 Å². The third-order valence-corrected chi connectivity index (χ3v) is 10.8. The maximum Gasteiger partial charge on any atom is 0.321 e. The molecule has 2 aromatic rings. The minimum absolute atomic E-state index is 0.0156. The third kappa shape index (κ3) is 16.5. The molecular formula is C44H74N6O2. The van der Waals surface area contributed by atoms with Gasteiger partial charge in [-0.25, -0.2) is 9.59 Å². The lowest BCUT2D eigenvalue weighted by molar-refractivity contribution is 0.159. The monoisotopic (exact) mass is 719 g/mol. The topological polar surface area (TPSA) is 71.2 Å². The van der Waals surface area contributed by atoms with Crippen LogP contribution in [0.15, 0.2) is 48.5 Å². The van der Waals surface area contributed by atoms with Gasteiger partial charge in [0.15, 0.2) is 0 Å². The highest BCUT2D eigenvalue weighted by molar-refractivity contribution is 5.90. The second kappa shape index (κ2) is 24.8. The number of carbonyl (C=O) groups excluding carboxylic acids is 2. The molecule has 0 saturated heterocycles. The summed E-state index contributed by atoms with van der Waals surface area (Å²) in [5.41, 5.74) is 3.92. The Morgan fingerprint density at radius 3 is 1.12 bits per heavy atom. The number of urea groups is 2. The highest BCUT2D eigenvalue weighted by Gasteiger charge is 2.27. The number of amides is 4. The van der Waals surface area contributed by atoms with E-state index in [9.17, 15) is 9.59 Å². The number of anilines is 4. The van der Waals surface area contributed by atoms with Gasteiger partial charge < -0.3 is 30.2 Å². The standard InChI is InChI=1S/C44H74N6O2/c1-7-9-11-13-15-17-19-33-49(43(51)45-39-25-29-41(30-26-39)47(3)4)35-37-21-23-38(24-22-37)36-50(34-20-18-16-14-12-10-8-2)44(52)46-40-27-31-42(32-28-40)48(5)6/h25-32,37-38H,7-24,33-36H2,1-6H3,(H,45,51)(H,46,52)/t37-,38+. The molecule has 4 amide bonds. The van der Waals surface area contributed by atoms with Crippen LogP contribution in [-0.4, -0.2) is 76.2 Å². The number of nitrogens with zero attached hydrogens (tertiary/aromatic N) is 4. The number of rotatable bonds is 24. The van der Waals surface area contributed by atoms with E-state index >= 15 is 0 Å². The van der Waals surface area contributed by atoms with Crippen molar-refractivity contribution in [3.05, 3.63) is 48.5 Å². The fourth-order valence-electron chi connectivity index (χ4n) is 7.38. The quantitative estimate of drug-likeness (QED) is 0.106. The first-order valence-electron chi connectivity index (χ1n) is 20.9. The highest BCUT2D eigenvalue weighted by Crippen LogP contribution is 2.31. The van der Waals surface area contributed by atoms with Gasteiger partial charge in [-0.3, -0.25) is 0 Å². The van der Waals surface area contributed by atoms with Crippen molar-refractivity contribution in [2.75, 3.05) is 74.8 Å². The molecule has 1 fully saturated rings. The zero-order chi connectivity index (χ0) is 37.6. The van der Waals surface area contributed by atoms with Crippen molar-refractivity contribution >= 4 is 34.8 Å². The Kier molecular flexibility index (Phi) is 20.5. The lowest BCUT2D eigenvalue weighted by Crippen LogP contribution is -2.42. The maximum absolute atomic E-state index is 13.6. The van der Waals surface area contributed by atoms with Crippen molar-refractivity contribution in [1.82, 2.24) is 9.80 Å². The van der Waals surface area contributed by atoms with E-state index in [4.69, 9.17) is 0 Å². The fourth-order valence-corrected chi connectivity index (χ4v) is 7.38. The summed E-state index contributed by atoms with van der Waals surface area (Å²) in [6, 6.07) is 16.2. The Morgan fingerprint density at radius 1 is 0.500 bits per heavy atom. The van der Waals surface area contributed by atoms with Gasteiger partial charge in [0.05, 0.1) is 0 Å². The zero-order valence-corrected chi connectivity index (χ0v) is 33.9. The molecule has 0 bridgehead atoms. The molecular weight excluding hydrogens is 645 g/mol. The number of hydrogen-bond donors (Lipinski definition) is 2. The molecule has 1 aliphatic rings. The summed E-state index contributed by atoms with van der Waals surface area (Å²) < 4.78 is 0. The van der Waals surface area contributed by atoms with Gasteiger partial charge in [-0.1, -0.05) is 90.9 Å². The molecule has 2 aromatic carbocycles. The summed E-state index contributed by atoms with van der Waals surface area (Å²) in [6.07, 6.45) is 21.7.